The van der Waals surface area contributed by atoms with E-state index in [1.54, 1.807) is 36.8 Å². The molecular formula is C19H16N2O4S. The first-order valence-electron chi connectivity index (χ1n) is 7.77. The monoisotopic (exact) mass is 368 g/mol. The Morgan fingerprint density at radius 1 is 1.12 bits per heavy atom. The summed E-state index contributed by atoms with van der Waals surface area (Å²) in [5.41, 5.74) is 1.67. The van der Waals surface area contributed by atoms with Crippen molar-refractivity contribution in [2.45, 2.75) is 0 Å². The number of thiazole rings is 1. The first-order valence-corrected chi connectivity index (χ1v) is 8.65. The van der Waals surface area contributed by atoms with Gasteiger partial charge in [-0.15, -0.1) is 11.3 Å². The third-order valence-electron chi connectivity index (χ3n) is 3.42. The SMILES string of the molecule is COc1cccc(NC(=O)COC(=O)c2csc(-c3ccccc3)n2)c1. The Labute approximate surface area is 154 Å². The Morgan fingerprint density at radius 3 is 2.69 bits per heavy atom. The molecule has 0 aliphatic heterocycles. The van der Waals surface area contributed by atoms with Crippen molar-refractivity contribution in [3.05, 3.63) is 65.7 Å². The number of esters is 1. The summed E-state index contributed by atoms with van der Waals surface area (Å²) in [5.74, 6) is -0.454. The van der Waals surface area contributed by atoms with Crippen molar-refractivity contribution in [3.63, 3.8) is 0 Å². The molecule has 1 aromatic heterocycles. The molecule has 0 bridgehead atoms. The van der Waals surface area contributed by atoms with E-state index in [0.29, 0.717) is 11.4 Å². The maximum atomic E-state index is 12.1. The molecule has 0 radical (unpaired) electrons. The zero-order valence-corrected chi connectivity index (χ0v) is 14.8. The number of benzene rings is 2. The van der Waals surface area contributed by atoms with Crippen LogP contribution in [0.1, 0.15) is 10.5 Å². The van der Waals surface area contributed by atoms with Gasteiger partial charge in [-0.1, -0.05) is 36.4 Å². The predicted molar refractivity (Wildman–Crippen MR) is 99.5 cm³/mol. The number of aromatic nitrogens is 1. The Bertz CT molecular complexity index is 909. The van der Waals surface area contributed by atoms with Gasteiger partial charge in [0.1, 0.15) is 10.8 Å². The lowest BCUT2D eigenvalue weighted by Gasteiger charge is -2.07. The molecule has 132 valence electrons. The van der Waals surface area contributed by atoms with Crippen LogP contribution in [0.15, 0.2) is 60.0 Å². The Morgan fingerprint density at radius 2 is 1.92 bits per heavy atom. The largest absolute Gasteiger partial charge is 0.497 e. The minimum Gasteiger partial charge on any atom is -0.497 e. The summed E-state index contributed by atoms with van der Waals surface area (Å²) < 4.78 is 10.1. The molecule has 0 fully saturated rings. The lowest BCUT2D eigenvalue weighted by atomic mass is 10.2. The second kappa shape index (κ2) is 8.26. The van der Waals surface area contributed by atoms with E-state index < -0.39 is 18.5 Å². The van der Waals surface area contributed by atoms with Gasteiger partial charge in [0.05, 0.1) is 7.11 Å². The van der Waals surface area contributed by atoms with Crippen molar-refractivity contribution in [2.75, 3.05) is 19.0 Å². The van der Waals surface area contributed by atoms with E-state index in [1.807, 2.05) is 30.3 Å². The molecule has 7 heteroatoms. The van der Waals surface area contributed by atoms with Crippen LogP contribution in [0.5, 0.6) is 5.75 Å². The summed E-state index contributed by atoms with van der Waals surface area (Å²) in [6.45, 7) is -0.395. The second-order valence-electron chi connectivity index (χ2n) is 5.26. The van der Waals surface area contributed by atoms with Crippen molar-refractivity contribution in [2.24, 2.45) is 0 Å². The summed E-state index contributed by atoms with van der Waals surface area (Å²) in [7, 11) is 1.54. The maximum absolute atomic E-state index is 12.1. The highest BCUT2D eigenvalue weighted by Crippen LogP contribution is 2.23. The number of methoxy groups -OCH3 is 1. The van der Waals surface area contributed by atoms with Gasteiger partial charge in [0, 0.05) is 22.7 Å². The average molecular weight is 368 g/mol. The summed E-state index contributed by atoms with van der Waals surface area (Å²) in [5, 5.41) is 4.98. The lowest BCUT2D eigenvalue weighted by Crippen LogP contribution is -2.21. The zero-order valence-electron chi connectivity index (χ0n) is 14.0. The van der Waals surface area contributed by atoms with Gasteiger partial charge in [0.2, 0.25) is 0 Å². The minimum atomic E-state index is -0.635. The Hall–Kier alpha value is -3.19. The Balaban J connectivity index is 1.55. The van der Waals surface area contributed by atoms with Gasteiger partial charge in [0.15, 0.2) is 12.3 Å². The maximum Gasteiger partial charge on any atom is 0.358 e. The highest BCUT2D eigenvalue weighted by Gasteiger charge is 2.15. The fourth-order valence-corrected chi connectivity index (χ4v) is 2.98. The fourth-order valence-electron chi connectivity index (χ4n) is 2.18. The van der Waals surface area contributed by atoms with Gasteiger partial charge in [0.25, 0.3) is 5.91 Å². The molecule has 0 atom stereocenters. The first kappa shape index (κ1) is 17.6. The molecule has 0 spiro atoms. The number of hydrogen-bond acceptors (Lipinski definition) is 6. The average Bonchev–Trinajstić information content (AvgIpc) is 3.17. The lowest BCUT2D eigenvalue weighted by molar-refractivity contribution is -0.119. The van der Waals surface area contributed by atoms with Crippen molar-refractivity contribution in [3.8, 4) is 16.3 Å². The number of ether oxygens (including phenoxy) is 2. The topological polar surface area (TPSA) is 77.5 Å². The van der Waals surface area contributed by atoms with Crippen molar-refractivity contribution in [1.82, 2.24) is 4.98 Å². The molecule has 26 heavy (non-hydrogen) atoms. The second-order valence-corrected chi connectivity index (χ2v) is 6.12. The summed E-state index contributed by atoms with van der Waals surface area (Å²) >= 11 is 1.35. The van der Waals surface area contributed by atoms with E-state index in [0.717, 1.165) is 10.6 Å². The van der Waals surface area contributed by atoms with Crippen LogP contribution < -0.4 is 10.1 Å². The summed E-state index contributed by atoms with van der Waals surface area (Å²) in [6.07, 6.45) is 0. The molecule has 1 heterocycles. The molecule has 0 saturated carbocycles. The smallest absolute Gasteiger partial charge is 0.358 e. The number of nitrogens with one attached hydrogen (secondary N) is 1. The number of nitrogens with zero attached hydrogens (tertiary/aromatic N) is 1. The number of hydrogen-bond donors (Lipinski definition) is 1. The predicted octanol–water partition coefficient (Wildman–Crippen LogP) is 3.61. The van der Waals surface area contributed by atoms with Crippen LogP contribution in [0.25, 0.3) is 10.6 Å². The molecule has 6 nitrogen and oxygen atoms in total. The van der Waals surface area contributed by atoms with Crippen LogP contribution in [0.4, 0.5) is 5.69 Å². The quantitative estimate of drug-likeness (QED) is 0.673. The molecule has 1 N–H and O–H groups in total. The minimum absolute atomic E-state index is 0.183. The molecular weight excluding hydrogens is 352 g/mol. The van der Waals surface area contributed by atoms with Gasteiger partial charge < -0.3 is 14.8 Å². The van der Waals surface area contributed by atoms with E-state index in [2.05, 4.69) is 10.3 Å². The highest BCUT2D eigenvalue weighted by atomic mass is 32.1. The number of carbonyl (C=O) groups is 2. The van der Waals surface area contributed by atoms with Crippen LogP contribution in [-0.2, 0) is 9.53 Å². The van der Waals surface area contributed by atoms with Crippen LogP contribution in [0.3, 0.4) is 0 Å². The van der Waals surface area contributed by atoms with Gasteiger partial charge >= 0.3 is 5.97 Å². The molecule has 0 saturated heterocycles. The van der Waals surface area contributed by atoms with E-state index in [4.69, 9.17) is 9.47 Å². The van der Waals surface area contributed by atoms with E-state index in [1.165, 1.54) is 11.3 Å². The van der Waals surface area contributed by atoms with E-state index >= 15 is 0 Å². The standard InChI is InChI=1S/C19H16N2O4S/c1-24-15-9-5-8-14(10-15)20-17(22)11-25-19(23)16-12-26-18(21-16)13-6-3-2-4-7-13/h2-10,12H,11H2,1H3,(H,20,22). The van der Waals surface area contributed by atoms with Gasteiger partial charge in [-0.05, 0) is 12.1 Å². The van der Waals surface area contributed by atoms with Gasteiger partial charge in [-0.25, -0.2) is 9.78 Å². The van der Waals surface area contributed by atoms with E-state index in [9.17, 15) is 9.59 Å². The number of carbonyl (C=O) groups excluding carboxylic acids is 2. The molecule has 0 unspecified atom stereocenters. The molecule has 3 aromatic rings. The Kier molecular flexibility index (Phi) is 5.60. The van der Waals surface area contributed by atoms with E-state index in [-0.39, 0.29) is 5.69 Å². The van der Waals surface area contributed by atoms with Gasteiger partial charge in [-0.2, -0.15) is 0 Å². The zero-order chi connectivity index (χ0) is 18.4. The van der Waals surface area contributed by atoms with Crippen molar-refractivity contribution in [1.29, 1.82) is 0 Å². The third-order valence-corrected chi connectivity index (χ3v) is 4.31. The highest BCUT2D eigenvalue weighted by molar-refractivity contribution is 7.13. The van der Waals surface area contributed by atoms with Crippen LogP contribution in [0, 0.1) is 0 Å². The number of amides is 1. The molecule has 3 rings (SSSR count). The molecule has 0 aliphatic carbocycles. The molecule has 0 aliphatic rings. The van der Waals surface area contributed by atoms with Crippen LogP contribution >= 0.6 is 11.3 Å². The van der Waals surface area contributed by atoms with Crippen molar-refractivity contribution >= 4 is 28.9 Å². The number of rotatable bonds is 6. The van der Waals surface area contributed by atoms with Crippen molar-refractivity contribution < 1.29 is 19.1 Å². The fraction of sp³-hybridized carbons (Fsp3) is 0.105. The molecule has 1 amide bonds. The third kappa shape index (κ3) is 4.46. The summed E-state index contributed by atoms with van der Waals surface area (Å²) in [4.78, 5) is 28.3. The van der Waals surface area contributed by atoms with Crippen LogP contribution in [0.2, 0.25) is 0 Å². The summed E-state index contributed by atoms with van der Waals surface area (Å²) in [6, 6.07) is 16.4. The van der Waals surface area contributed by atoms with Gasteiger partial charge in [-0.3, -0.25) is 4.79 Å². The normalized spacial score (nSPS) is 10.2. The number of anilines is 1. The van der Waals surface area contributed by atoms with Crippen LogP contribution in [-0.4, -0.2) is 30.6 Å². The molecule has 2 aromatic carbocycles. The first-order chi connectivity index (χ1) is 12.7.